The summed E-state index contributed by atoms with van der Waals surface area (Å²) in [5.74, 6) is 0.0207. The van der Waals surface area contributed by atoms with E-state index in [2.05, 4.69) is 0 Å². The van der Waals surface area contributed by atoms with E-state index in [0.717, 1.165) is 11.1 Å². The average Bonchev–Trinajstić information content (AvgIpc) is 2.22. The van der Waals surface area contributed by atoms with Crippen LogP contribution in [0.25, 0.3) is 0 Å². The summed E-state index contributed by atoms with van der Waals surface area (Å²) >= 11 is 0. The molecule has 0 N–H and O–H groups in total. The molecule has 0 aliphatic carbocycles. The zero-order chi connectivity index (χ0) is 11.0. The minimum Gasteiger partial charge on any atom is -0.290 e. The van der Waals surface area contributed by atoms with Crippen LogP contribution in [0.2, 0.25) is 0 Å². The minimum absolute atomic E-state index is 0. The van der Waals surface area contributed by atoms with Crippen molar-refractivity contribution in [3.05, 3.63) is 47.6 Å². The molecule has 0 aliphatic rings. The van der Waals surface area contributed by atoms with Crippen molar-refractivity contribution in [3.63, 3.8) is 0 Å². The normalized spacial score (nSPS) is 13.3. The van der Waals surface area contributed by atoms with Gasteiger partial charge in [-0.25, -0.2) is 0 Å². The van der Waals surface area contributed by atoms with E-state index in [0.29, 0.717) is 0 Å². The van der Waals surface area contributed by atoms with Crippen molar-refractivity contribution < 1.29 is 24.3 Å². The Kier molecular flexibility index (Phi) is 10.9. The topological polar surface area (TPSA) is 17.1 Å². The summed E-state index contributed by atoms with van der Waals surface area (Å²) in [6, 6.07) is 0. The Morgan fingerprint density at radius 2 is 1.13 bits per heavy atom. The molecule has 15 heavy (non-hydrogen) atoms. The number of hydrogen-bond acceptors (Lipinski definition) is 1. The number of hydrogen-bond donors (Lipinski definition) is 0. The second-order valence-corrected chi connectivity index (χ2v) is 3.13. The molecule has 0 saturated heterocycles. The van der Waals surface area contributed by atoms with Crippen molar-refractivity contribution in [2.45, 2.75) is 27.7 Å². The van der Waals surface area contributed by atoms with Gasteiger partial charge in [0.1, 0.15) is 0 Å². The molecule has 0 saturated carbocycles. The second kappa shape index (κ2) is 9.79. The maximum atomic E-state index is 11.3. The van der Waals surface area contributed by atoms with Gasteiger partial charge in [-0.15, -0.1) is 0 Å². The molecule has 0 aromatic rings. The third-order valence-electron chi connectivity index (χ3n) is 1.93. The van der Waals surface area contributed by atoms with E-state index >= 15 is 0 Å². The second-order valence-electron chi connectivity index (χ2n) is 3.13. The zero-order valence-corrected chi connectivity index (χ0v) is 11.5. The minimum atomic E-state index is 0. The molecule has 0 spiro atoms. The van der Waals surface area contributed by atoms with Crippen molar-refractivity contribution in [1.29, 1.82) is 0 Å². The van der Waals surface area contributed by atoms with Crippen LogP contribution in [0, 0.1) is 0 Å². The van der Waals surface area contributed by atoms with Crippen LogP contribution in [-0.4, -0.2) is 5.78 Å². The Morgan fingerprint density at radius 3 is 1.40 bits per heavy atom. The van der Waals surface area contributed by atoms with Gasteiger partial charge < -0.3 is 0 Å². The maximum absolute atomic E-state index is 11.3. The molecule has 0 fully saturated rings. The molecule has 84 valence electrons. The first-order chi connectivity index (χ1) is 6.60. The van der Waals surface area contributed by atoms with Crippen molar-refractivity contribution in [2.75, 3.05) is 0 Å². The predicted molar refractivity (Wildman–Crippen MR) is 62.1 cm³/mol. The smallest absolute Gasteiger partial charge is 0.178 e. The van der Waals surface area contributed by atoms with Gasteiger partial charge in [-0.2, -0.15) is 0 Å². The standard InChI is InChI=1S/C13H18O.Ru/c1-5-11(3)7-9-13(14)10-8-12(4)6-2;/h5-10H,1-4H3;/b9-7+,10-8+,11-5+,12-6+;. The first-order valence-corrected chi connectivity index (χ1v) is 4.76. The molecule has 0 aliphatic heterocycles. The summed E-state index contributed by atoms with van der Waals surface area (Å²) in [5, 5.41) is 0. The Balaban J connectivity index is 0. The quantitative estimate of drug-likeness (QED) is 0.439. The summed E-state index contributed by atoms with van der Waals surface area (Å²) in [4.78, 5) is 11.3. The van der Waals surface area contributed by atoms with Crippen LogP contribution in [0.1, 0.15) is 27.7 Å². The van der Waals surface area contributed by atoms with Crippen LogP contribution in [0.3, 0.4) is 0 Å². The van der Waals surface area contributed by atoms with E-state index in [1.54, 1.807) is 12.2 Å². The van der Waals surface area contributed by atoms with Crippen molar-refractivity contribution >= 4 is 5.78 Å². The number of allylic oxidation sites excluding steroid dienone is 8. The fraction of sp³-hybridized carbons (Fsp3) is 0.308. The van der Waals surface area contributed by atoms with Gasteiger partial charge >= 0.3 is 0 Å². The molecular formula is C13H18ORu. The third kappa shape index (κ3) is 9.56. The predicted octanol–water partition coefficient (Wildman–Crippen LogP) is 3.60. The summed E-state index contributed by atoms with van der Waals surface area (Å²) in [6.45, 7) is 7.82. The number of carbonyl (C=O) groups excluding carboxylic acids is 1. The maximum Gasteiger partial charge on any atom is 0.178 e. The molecule has 1 nitrogen and oxygen atoms in total. The fourth-order valence-electron chi connectivity index (χ4n) is 0.675. The first-order valence-electron chi connectivity index (χ1n) is 4.76. The van der Waals surface area contributed by atoms with Crippen molar-refractivity contribution in [2.24, 2.45) is 0 Å². The van der Waals surface area contributed by atoms with Gasteiger partial charge in [-0.3, -0.25) is 4.79 Å². The number of rotatable bonds is 4. The Bertz CT molecular complexity index is 276. The van der Waals surface area contributed by atoms with Gasteiger partial charge in [0.15, 0.2) is 5.78 Å². The van der Waals surface area contributed by atoms with Crippen LogP contribution < -0.4 is 0 Å². The van der Waals surface area contributed by atoms with Gasteiger partial charge in [-0.1, -0.05) is 35.5 Å². The molecule has 0 aromatic carbocycles. The first kappa shape index (κ1) is 16.7. The van der Waals surface area contributed by atoms with Gasteiger partial charge in [0, 0.05) is 19.5 Å². The van der Waals surface area contributed by atoms with Crippen LogP contribution in [0.15, 0.2) is 47.6 Å². The van der Waals surface area contributed by atoms with Gasteiger partial charge in [-0.05, 0) is 39.8 Å². The molecule has 2 heteroatoms. The van der Waals surface area contributed by atoms with Gasteiger partial charge in [0.05, 0.1) is 0 Å². The number of ketones is 1. The monoisotopic (exact) mass is 292 g/mol. The van der Waals surface area contributed by atoms with E-state index in [4.69, 9.17) is 0 Å². The Morgan fingerprint density at radius 1 is 0.800 bits per heavy atom. The molecule has 0 rings (SSSR count). The molecule has 0 aromatic heterocycles. The van der Waals surface area contributed by atoms with E-state index in [-0.39, 0.29) is 25.3 Å². The third-order valence-corrected chi connectivity index (χ3v) is 1.93. The van der Waals surface area contributed by atoms with Gasteiger partial charge in [0.25, 0.3) is 0 Å². The van der Waals surface area contributed by atoms with Crippen molar-refractivity contribution in [1.82, 2.24) is 0 Å². The van der Waals surface area contributed by atoms with Crippen LogP contribution in [0.5, 0.6) is 0 Å². The van der Waals surface area contributed by atoms with Gasteiger partial charge in [0.2, 0.25) is 0 Å². The van der Waals surface area contributed by atoms with Crippen LogP contribution in [-0.2, 0) is 24.3 Å². The molecule has 0 unspecified atom stereocenters. The van der Waals surface area contributed by atoms with Crippen molar-refractivity contribution in [3.8, 4) is 0 Å². The molecule has 0 atom stereocenters. The molecular weight excluding hydrogens is 273 g/mol. The molecule has 0 amide bonds. The average molecular weight is 291 g/mol. The zero-order valence-electron chi connectivity index (χ0n) is 9.73. The number of carbonyl (C=O) groups is 1. The van der Waals surface area contributed by atoms with E-state index in [1.807, 2.05) is 52.0 Å². The molecule has 0 bridgehead atoms. The Labute approximate surface area is 105 Å². The van der Waals surface area contributed by atoms with E-state index in [1.165, 1.54) is 0 Å². The summed E-state index contributed by atoms with van der Waals surface area (Å²) < 4.78 is 0. The Hall–Kier alpha value is -0.747. The van der Waals surface area contributed by atoms with E-state index < -0.39 is 0 Å². The SMILES string of the molecule is C/C=C(C)/C=C/C(=O)/C=C/C(C)=C/C.[Ru]. The summed E-state index contributed by atoms with van der Waals surface area (Å²) in [5.41, 5.74) is 2.18. The summed E-state index contributed by atoms with van der Waals surface area (Å²) in [7, 11) is 0. The largest absolute Gasteiger partial charge is 0.290 e. The van der Waals surface area contributed by atoms with Crippen LogP contribution in [0.4, 0.5) is 0 Å². The van der Waals surface area contributed by atoms with Crippen LogP contribution >= 0.6 is 0 Å². The fourth-order valence-corrected chi connectivity index (χ4v) is 0.675. The summed E-state index contributed by atoms with van der Waals surface area (Å²) in [6.07, 6.45) is 10.7. The molecule has 0 radical (unpaired) electrons. The van der Waals surface area contributed by atoms with E-state index in [9.17, 15) is 4.79 Å². The molecule has 0 heterocycles.